The number of nitrogens with zero attached hydrogens (tertiary/aromatic N) is 1. The van der Waals surface area contributed by atoms with Crippen LogP contribution >= 0.6 is 27.5 Å². The van der Waals surface area contributed by atoms with E-state index in [1.165, 1.54) is 10.9 Å². The van der Waals surface area contributed by atoms with Gasteiger partial charge < -0.3 is 4.57 Å². The summed E-state index contributed by atoms with van der Waals surface area (Å²) in [5, 5.41) is 1.20. The quantitative estimate of drug-likeness (QED) is 0.729. The van der Waals surface area contributed by atoms with Gasteiger partial charge in [0.05, 0.1) is 10.2 Å². The number of fused-ring (bicyclic) bond motifs is 1. The summed E-state index contributed by atoms with van der Waals surface area (Å²) in [6.45, 7) is 3.98. The molecule has 2 aromatic rings. The third-order valence-electron chi connectivity index (χ3n) is 2.54. The lowest BCUT2D eigenvalue weighted by Gasteiger charge is -2.05. The Balaban J connectivity index is 2.81. The lowest BCUT2D eigenvalue weighted by Crippen LogP contribution is -1.95. The molecule has 0 aliphatic carbocycles. The number of hydrogen-bond acceptors (Lipinski definition) is 0. The fraction of sp³-hybridized carbons (Fsp3) is 0.167. The summed E-state index contributed by atoms with van der Waals surface area (Å²) >= 11 is 9.43. The molecule has 78 valence electrons. The van der Waals surface area contributed by atoms with Crippen LogP contribution in [-0.4, -0.2) is 10.4 Å². The molecule has 3 heteroatoms. The molecule has 1 heterocycles. The molecule has 0 bridgehead atoms. The number of hydrogen-bond donors (Lipinski definition) is 0. The number of allylic oxidation sites excluding steroid dienone is 1. The zero-order valence-electron chi connectivity index (χ0n) is 8.43. The van der Waals surface area contributed by atoms with Crippen molar-refractivity contribution >= 4 is 44.0 Å². The SMILES string of the molecule is C=C(CCl)c1c(Br)c2ccccc2n1C. The van der Waals surface area contributed by atoms with Crippen molar-refractivity contribution in [3.63, 3.8) is 0 Å². The van der Waals surface area contributed by atoms with Crippen LogP contribution in [0.1, 0.15) is 5.69 Å². The third-order valence-corrected chi connectivity index (χ3v) is 3.67. The highest BCUT2D eigenvalue weighted by Crippen LogP contribution is 2.33. The molecule has 0 spiro atoms. The van der Waals surface area contributed by atoms with Crippen molar-refractivity contribution in [2.24, 2.45) is 7.05 Å². The minimum Gasteiger partial charge on any atom is -0.343 e. The second-order valence-electron chi connectivity index (χ2n) is 3.48. The van der Waals surface area contributed by atoms with Gasteiger partial charge in [0, 0.05) is 23.8 Å². The predicted octanol–water partition coefficient (Wildman–Crippen LogP) is 4.19. The highest BCUT2D eigenvalue weighted by Gasteiger charge is 2.13. The van der Waals surface area contributed by atoms with Crippen LogP contribution in [0.3, 0.4) is 0 Å². The number of rotatable bonds is 2. The second-order valence-corrected chi connectivity index (χ2v) is 4.54. The van der Waals surface area contributed by atoms with Crippen LogP contribution in [0.25, 0.3) is 16.5 Å². The summed E-state index contributed by atoms with van der Waals surface area (Å²) in [4.78, 5) is 0. The van der Waals surface area contributed by atoms with E-state index in [2.05, 4.69) is 39.2 Å². The fourth-order valence-corrected chi connectivity index (χ4v) is 2.81. The third kappa shape index (κ3) is 1.62. The van der Waals surface area contributed by atoms with Crippen LogP contribution in [0.15, 0.2) is 35.3 Å². The van der Waals surface area contributed by atoms with Crippen molar-refractivity contribution in [2.75, 3.05) is 5.88 Å². The van der Waals surface area contributed by atoms with E-state index in [9.17, 15) is 0 Å². The Bertz CT molecular complexity index is 489. The number of para-hydroxylation sites is 1. The first kappa shape index (κ1) is 10.8. The smallest absolute Gasteiger partial charge is 0.0598 e. The highest BCUT2D eigenvalue weighted by molar-refractivity contribution is 9.10. The van der Waals surface area contributed by atoms with Crippen LogP contribution in [0.4, 0.5) is 0 Å². The molecule has 0 unspecified atom stereocenters. The van der Waals surface area contributed by atoms with Crippen LogP contribution in [0.2, 0.25) is 0 Å². The largest absolute Gasteiger partial charge is 0.343 e. The average molecular weight is 285 g/mol. The standard InChI is InChI=1S/C12H11BrClN/c1-8(7-14)12-11(13)9-5-3-4-6-10(9)15(12)2/h3-6H,1,7H2,2H3. The molecule has 0 amide bonds. The van der Waals surface area contributed by atoms with Crippen molar-refractivity contribution in [1.82, 2.24) is 4.57 Å². The minimum absolute atomic E-state index is 0.447. The van der Waals surface area contributed by atoms with Gasteiger partial charge in [-0.1, -0.05) is 24.8 Å². The van der Waals surface area contributed by atoms with Gasteiger partial charge in [0.25, 0.3) is 0 Å². The van der Waals surface area contributed by atoms with Gasteiger partial charge in [0.15, 0.2) is 0 Å². The van der Waals surface area contributed by atoms with E-state index in [-0.39, 0.29) is 0 Å². The number of aryl methyl sites for hydroxylation is 1. The normalized spacial score (nSPS) is 10.9. The average Bonchev–Trinajstić information content (AvgIpc) is 2.52. The van der Waals surface area contributed by atoms with Crippen molar-refractivity contribution in [3.8, 4) is 0 Å². The van der Waals surface area contributed by atoms with E-state index in [0.717, 1.165) is 15.7 Å². The van der Waals surface area contributed by atoms with Gasteiger partial charge in [-0.2, -0.15) is 0 Å². The first-order valence-corrected chi connectivity index (χ1v) is 5.96. The Morgan fingerprint density at radius 2 is 2.13 bits per heavy atom. The number of alkyl halides is 1. The Kier molecular flexibility index (Phi) is 2.89. The molecule has 1 nitrogen and oxygen atoms in total. The predicted molar refractivity (Wildman–Crippen MR) is 70.4 cm³/mol. The molecule has 1 aromatic carbocycles. The van der Waals surface area contributed by atoms with Crippen molar-refractivity contribution in [3.05, 3.63) is 41.0 Å². The summed E-state index contributed by atoms with van der Waals surface area (Å²) in [5.41, 5.74) is 3.19. The first-order chi connectivity index (χ1) is 7.16. The number of benzene rings is 1. The molecule has 0 radical (unpaired) electrons. The van der Waals surface area contributed by atoms with Crippen LogP contribution in [0.5, 0.6) is 0 Å². The monoisotopic (exact) mass is 283 g/mol. The summed E-state index contributed by atoms with van der Waals surface area (Å²) < 4.78 is 3.19. The van der Waals surface area contributed by atoms with Gasteiger partial charge in [-0.25, -0.2) is 0 Å². The van der Waals surface area contributed by atoms with Gasteiger partial charge in [0.1, 0.15) is 0 Å². The highest BCUT2D eigenvalue weighted by atomic mass is 79.9. The molecule has 0 saturated heterocycles. The van der Waals surface area contributed by atoms with Crippen molar-refractivity contribution < 1.29 is 0 Å². The molecule has 2 rings (SSSR count). The summed E-state index contributed by atoms with van der Waals surface area (Å²) in [6.07, 6.45) is 0. The zero-order valence-corrected chi connectivity index (χ0v) is 10.8. The summed E-state index contributed by atoms with van der Waals surface area (Å²) in [5.74, 6) is 0.447. The van der Waals surface area contributed by atoms with Crippen LogP contribution < -0.4 is 0 Å². The number of halogens is 2. The van der Waals surface area contributed by atoms with E-state index in [4.69, 9.17) is 11.6 Å². The topological polar surface area (TPSA) is 4.93 Å². The maximum atomic E-state index is 5.82. The molecule has 0 fully saturated rings. The molecule has 1 aromatic heterocycles. The summed E-state index contributed by atoms with van der Waals surface area (Å²) in [7, 11) is 2.03. The van der Waals surface area contributed by atoms with E-state index in [1.54, 1.807) is 0 Å². The van der Waals surface area contributed by atoms with Gasteiger partial charge >= 0.3 is 0 Å². The van der Waals surface area contributed by atoms with E-state index in [0.29, 0.717) is 5.88 Å². The molecule has 0 aliphatic heterocycles. The van der Waals surface area contributed by atoms with Gasteiger partial charge in [-0.05, 0) is 27.6 Å². The molecule has 0 atom stereocenters. The Morgan fingerprint density at radius 3 is 2.73 bits per heavy atom. The molecular formula is C12H11BrClN. The maximum Gasteiger partial charge on any atom is 0.0598 e. The van der Waals surface area contributed by atoms with Gasteiger partial charge in [-0.3, -0.25) is 0 Å². The Morgan fingerprint density at radius 1 is 1.47 bits per heavy atom. The van der Waals surface area contributed by atoms with Crippen LogP contribution in [-0.2, 0) is 7.05 Å². The van der Waals surface area contributed by atoms with E-state index >= 15 is 0 Å². The lowest BCUT2D eigenvalue weighted by atomic mass is 10.2. The molecule has 0 saturated carbocycles. The Hall–Kier alpha value is -0.730. The van der Waals surface area contributed by atoms with E-state index in [1.807, 2.05) is 19.2 Å². The molecule has 15 heavy (non-hydrogen) atoms. The fourth-order valence-electron chi connectivity index (χ4n) is 1.80. The molecular weight excluding hydrogens is 273 g/mol. The zero-order chi connectivity index (χ0) is 11.0. The Labute approximate surface area is 102 Å². The number of aromatic nitrogens is 1. The molecule has 0 aliphatic rings. The minimum atomic E-state index is 0.447. The lowest BCUT2D eigenvalue weighted by molar-refractivity contribution is 0.944. The van der Waals surface area contributed by atoms with Gasteiger partial charge in [0.2, 0.25) is 0 Å². The van der Waals surface area contributed by atoms with Crippen molar-refractivity contribution in [1.29, 1.82) is 0 Å². The van der Waals surface area contributed by atoms with E-state index < -0.39 is 0 Å². The first-order valence-electron chi connectivity index (χ1n) is 4.64. The van der Waals surface area contributed by atoms with Crippen molar-refractivity contribution in [2.45, 2.75) is 0 Å². The van der Waals surface area contributed by atoms with Gasteiger partial charge in [-0.15, -0.1) is 11.6 Å². The maximum absolute atomic E-state index is 5.82. The second kappa shape index (κ2) is 4.03. The summed E-state index contributed by atoms with van der Waals surface area (Å²) in [6, 6.07) is 8.23. The van der Waals surface area contributed by atoms with Crippen LogP contribution in [0, 0.1) is 0 Å². The molecule has 0 N–H and O–H groups in total.